The van der Waals surface area contributed by atoms with Crippen LogP contribution in [0.15, 0.2) is 77.7 Å². The molecule has 3 aromatic carbocycles. The maximum Gasteiger partial charge on any atom is 0.338 e. The predicted octanol–water partition coefficient (Wildman–Crippen LogP) is 3.02. The van der Waals surface area contributed by atoms with Gasteiger partial charge in [0.05, 0.1) is 24.7 Å². The maximum absolute atomic E-state index is 12.7. The fraction of sp³-hybridized carbons (Fsp3) is 0.200. The standard InChI is InChI=1S/C25H26N2O7S/c1-32-21-10-6-18(7-11-21)14-15-26-24(28)17-34-25(29)19-4-3-5-23(16-19)35(30,31)27-20-8-12-22(33-2)13-9-20/h3-13,16,27H,14-15,17H2,1-2H3,(H,26,28). The number of carbonyl (C=O) groups excluding carboxylic acids is 2. The second kappa shape index (κ2) is 11.9. The van der Waals surface area contributed by atoms with Crippen LogP contribution in [-0.4, -0.2) is 47.7 Å². The van der Waals surface area contributed by atoms with Crippen LogP contribution in [-0.2, 0) is 26.0 Å². The van der Waals surface area contributed by atoms with Crippen molar-refractivity contribution in [2.75, 3.05) is 32.1 Å². The van der Waals surface area contributed by atoms with Crippen molar-refractivity contribution in [3.05, 3.63) is 83.9 Å². The third-order valence-electron chi connectivity index (χ3n) is 4.95. The zero-order valence-electron chi connectivity index (χ0n) is 19.3. The number of anilines is 1. The average Bonchev–Trinajstić information content (AvgIpc) is 2.88. The number of methoxy groups -OCH3 is 2. The van der Waals surface area contributed by atoms with Crippen LogP contribution in [0.4, 0.5) is 5.69 Å². The number of hydrogen-bond acceptors (Lipinski definition) is 7. The van der Waals surface area contributed by atoms with Crippen molar-refractivity contribution in [1.29, 1.82) is 0 Å². The normalized spacial score (nSPS) is 10.8. The summed E-state index contributed by atoms with van der Waals surface area (Å²) in [5, 5.41) is 2.68. The molecule has 184 valence electrons. The predicted molar refractivity (Wildman–Crippen MR) is 130 cm³/mol. The molecule has 0 spiro atoms. The van der Waals surface area contributed by atoms with Gasteiger partial charge in [-0.1, -0.05) is 18.2 Å². The van der Waals surface area contributed by atoms with E-state index < -0.39 is 28.5 Å². The summed E-state index contributed by atoms with van der Waals surface area (Å²) in [6.45, 7) is -0.115. The van der Waals surface area contributed by atoms with E-state index in [1.54, 1.807) is 31.4 Å². The number of amides is 1. The van der Waals surface area contributed by atoms with E-state index in [4.69, 9.17) is 14.2 Å². The molecule has 0 aliphatic carbocycles. The zero-order valence-corrected chi connectivity index (χ0v) is 20.1. The Morgan fingerprint density at radius 3 is 2.11 bits per heavy atom. The largest absolute Gasteiger partial charge is 0.497 e. The van der Waals surface area contributed by atoms with Crippen LogP contribution in [0.5, 0.6) is 11.5 Å². The van der Waals surface area contributed by atoms with Gasteiger partial charge in [-0.15, -0.1) is 0 Å². The van der Waals surface area contributed by atoms with Crippen LogP contribution in [0.2, 0.25) is 0 Å². The molecule has 0 unspecified atom stereocenters. The molecule has 35 heavy (non-hydrogen) atoms. The van der Waals surface area contributed by atoms with Crippen molar-refractivity contribution < 1.29 is 32.2 Å². The third-order valence-corrected chi connectivity index (χ3v) is 6.33. The molecule has 0 atom stereocenters. The van der Waals surface area contributed by atoms with Gasteiger partial charge in [0.25, 0.3) is 15.9 Å². The molecule has 9 nitrogen and oxygen atoms in total. The maximum atomic E-state index is 12.7. The van der Waals surface area contributed by atoms with E-state index in [-0.39, 0.29) is 10.5 Å². The molecule has 0 fully saturated rings. The van der Waals surface area contributed by atoms with Crippen LogP contribution >= 0.6 is 0 Å². The molecule has 3 rings (SSSR count). The van der Waals surface area contributed by atoms with Crippen molar-refractivity contribution in [1.82, 2.24) is 5.32 Å². The molecule has 3 aromatic rings. The highest BCUT2D eigenvalue weighted by molar-refractivity contribution is 7.92. The van der Waals surface area contributed by atoms with E-state index in [0.717, 1.165) is 11.3 Å². The molecule has 0 aliphatic heterocycles. The molecule has 0 aliphatic rings. The molecule has 0 aromatic heterocycles. The van der Waals surface area contributed by atoms with Gasteiger partial charge in [-0.25, -0.2) is 13.2 Å². The highest BCUT2D eigenvalue weighted by atomic mass is 32.2. The van der Waals surface area contributed by atoms with Crippen LogP contribution in [0, 0.1) is 0 Å². The molecular weight excluding hydrogens is 472 g/mol. The number of ether oxygens (including phenoxy) is 3. The van der Waals surface area contributed by atoms with E-state index in [1.807, 2.05) is 24.3 Å². The minimum atomic E-state index is -3.95. The van der Waals surface area contributed by atoms with Crippen molar-refractivity contribution in [3.8, 4) is 11.5 Å². The Labute approximate surface area is 204 Å². The van der Waals surface area contributed by atoms with E-state index in [2.05, 4.69) is 10.0 Å². The average molecular weight is 499 g/mol. The number of rotatable bonds is 11. The Morgan fingerprint density at radius 1 is 0.857 bits per heavy atom. The summed E-state index contributed by atoms with van der Waals surface area (Å²) >= 11 is 0. The Bertz CT molecular complexity index is 1260. The summed E-state index contributed by atoms with van der Waals surface area (Å²) < 4.78 is 43.0. The van der Waals surface area contributed by atoms with Gasteiger partial charge < -0.3 is 19.5 Å². The SMILES string of the molecule is COc1ccc(CCNC(=O)COC(=O)c2cccc(S(=O)(=O)Nc3ccc(OC)cc3)c2)cc1. The summed E-state index contributed by atoms with van der Waals surface area (Å²) in [6, 6.07) is 19.2. The van der Waals surface area contributed by atoms with Crippen molar-refractivity contribution in [2.45, 2.75) is 11.3 Å². The first-order valence-electron chi connectivity index (χ1n) is 10.6. The van der Waals surface area contributed by atoms with E-state index >= 15 is 0 Å². The van der Waals surface area contributed by atoms with Crippen molar-refractivity contribution in [3.63, 3.8) is 0 Å². The molecule has 0 radical (unpaired) electrons. The fourth-order valence-corrected chi connectivity index (χ4v) is 4.17. The second-order valence-electron chi connectivity index (χ2n) is 7.39. The molecule has 0 bridgehead atoms. The highest BCUT2D eigenvalue weighted by Crippen LogP contribution is 2.20. The summed E-state index contributed by atoms with van der Waals surface area (Å²) in [5.41, 5.74) is 1.36. The number of esters is 1. The van der Waals surface area contributed by atoms with Crippen LogP contribution in [0.3, 0.4) is 0 Å². The number of hydrogen-bond donors (Lipinski definition) is 2. The Morgan fingerprint density at radius 2 is 1.49 bits per heavy atom. The van der Waals surface area contributed by atoms with Gasteiger partial charge in [0, 0.05) is 12.2 Å². The smallest absolute Gasteiger partial charge is 0.338 e. The third kappa shape index (κ3) is 7.47. The number of nitrogens with one attached hydrogen (secondary N) is 2. The fourth-order valence-electron chi connectivity index (χ4n) is 3.07. The molecule has 1 amide bonds. The number of sulfonamides is 1. The van der Waals surface area contributed by atoms with Crippen LogP contribution < -0.4 is 19.5 Å². The number of benzene rings is 3. The van der Waals surface area contributed by atoms with Crippen molar-refractivity contribution in [2.24, 2.45) is 0 Å². The van der Waals surface area contributed by atoms with Gasteiger partial charge in [0.15, 0.2) is 6.61 Å². The zero-order chi connectivity index (χ0) is 25.3. The van der Waals surface area contributed by atoms with E-state index in [1.165, 1.54) is 31.4 Å². The van der Waals surface area contributed by atoms with E-state index in [0.29, 0.717) is 24.4 Å². The molecule has 10 heteroatoms. The van der Waals surface area contributed by atoms with Gasteiger partial charge in [-0.3, -0.25) is 9.52 Å². The topological polar surface area (TPSA) is 120 Å². The van der Waals surface area contributed by atoms with Gasteiger partial charge in [0.1, 0.15) is 11.5 Å². The lowest BCUT2D eigenvalue weighted by Crippen LogP contribution is -2.30. The molecule has 0 heterocycles. The van der Waals surface area contributed by atoms with Gasteiger partial charge in [-0.2, -0.15) is 0 Å². The van der Waals surface area contributed by atoms with E-state index in [9.17, 15) is 18.0 Å². The minimum Gasteiger partial charge on any atom is -0.497 e. The Kier molecular flexibility index (Phi) is 8.69. The summed E-state index contributed by atoms with van der Waals surface area (Å²) in [4.78, 5) is 24.3. The van der Waals surface area contributed by atoms with Gasteiger partial charge in [-0.05, 0) is 66.6 Å². The molecule has 2 N–H and O–H groups in total. The van der Waals surface area contributed by atoms with Gasteiger partial charge >= 0.3 is 5.97 Å². The first kappa shape index (κ1) is 25.6. The Balaban J connectivity index is 1.51. The first-order chi connectivity index (χ1) is 16.8. The minimum absolute atomic E-state index is 0.00800. The highest BCUT2D eigenvalue weighted by Gasteiger charge is 2.18. The summed E-state index contributed by atoms with van der Waals surface area (Å²) in [6.07, 6.45) is 0.602. The number of carbonyl (C=O) groups is 2. The lowest BCUT2D eigenvalue weighted by Gasteiger charge is -2.10. The van der Waals surface area contributed by atoms with Gasteiger partial charge in [0.2, 0.25) is 0 Å². The van der Waals surface area contributed by atoms with Crippen LogP contribution in [0.25, 0.3) is 0 Å². The second-order valence-corrected chi connectivity index (χ2v) is 9.07. The van der Waals surface area contributed by atoms with Crippen LogP contribution in [0.1, 0.15) is 15.9 Å². The first-order valence-corrected chi connectivity index (χ1v) is 12.1. The molecule has 0 saturated carbocycles. The van der Waals surface area contributed by atoms with Crippen molar-refractivity contribution >= 4 is 27.6 Å². The lowest BCUT2D eigenvalue weighted by molar-refractivity contribution is -0.124. The lowest BCUT2D eigenvalue weighted by atomic mass is 10.1. The Hall–Kier alpha value is -4.05. The molecular formula is C25H26N2O7S. The summed E-state index contributed by atoms with van der Waals surface area (Å²) in [5.74, 6) is 0.0640. The summed E-state index contributed by atoms with van der Waals surface area (Å²) in [7, 11) is -0.850. The monoisotopic (exact) mass is 498 g/mol. The molecule has 0 saturated heterocycles. The quantitative estimate of drug-likeness (QED) is 0.390.